The molecule has 0 radical (unpaired) electrons. The molecule has 570 valence electrons. The van der Waals surface area contributed by atoms with Crippen LogP contribution in [0.3, 0.4) is 0 Å². The number of carbonyl (C=O) groups excluding carboxylic acids is 4. The molecule has 0 aliphatic rings. The molecule has 0 saturated carbocycles. The summed E-state index contributed by atoms with van der Waals surface area (Å²) in [5.74, 6) is 0.248. The number of carbonyl (C=O) groups is 4. The van der Waals surface area contributed by atoms with Gasteiger partial charge in [-0.05, 0) is 43.4 Å². The fourth-order valence-corrected chi connectivity index (χ4v) is 13.4. The molecule has 0 bridgehead atoms. The van der Waals surface area contributed by atoms with Crippen LogP contribution >= 0.6 is 15.6 Å². The van der Waals surface area contributed by atoms with E-state index in [1.807, 2.05) is 0 Å². The minimum Gasteiger partial charge on any atom is -0.462 e. The zero-order valence-corrected chi connectivity index (χ0v) is 64.6. The van der Waals surface area contributed by atoms with Crippen LogP contribution in [0.1, 0.15) is 395 Å². The molecule has 0 saturated heterocycles. The van der Waals surface area contributed by atoms with Crippen LogP contribution < -0.4 is 0 Å². The number of unbranched alkanes of at least 4 members (excludes halogenated alkanes) is 43. The summed E-state index contributed by atoms with van der Waals surface area (Å²) in [6.07, 6.45) is 54.2. The van der Waals surface area contributed by atoms with Gasteiger partial charge in [-0.3, -0.25) is 37.3 Å². The molecule has 0 aromatic heterocycles. The lowest BCUT2D eigenvalue weighted by Crippen LogP contribution is -2.30. The summed E-state index contributed by atoms with van der Waals surface area (Å²) >= 11 is 0. The molecule has 0 spiro atoms. The maximum Gasteiger partial charge on any atom is 0.472 e. The molecule has 17 nitrogen and oxygen atoms in total. The fourth-order valence-electron chi connectivity index (χ4n) is 11.8. The first kappa shape index (κ1) is 94.1. The summed E-state index contributed by atoms with van der Waals surface area (Å²) in [6.45, 7) is 11.9. The lowest BCUT2D eigenvalue weighted by atomic mass is 10.0. The van der Waals surface area contributed by atoms with E-state index < -0.39 is 97.5 Å². The van der Waals surface area contributed by atoms with Crippen LogP contribution in [0.2, 0.25) is 0 Å². The quantitative estimate of drug-likeness (QED) is 0.0222. The summed E-state index contributed by atoms with van der Waals surface area (Å²) in [5.41, 5.74) is 0. The Morgan fingerprint density at radius 2 is 0.479 bits per heavy atom. The van der Waals surface area contributed by atoms with Gasteiger partial charge in [0.2, 0.25) is 0 Å². The zero-order valence-electron chi connectivity index (χ0n) is 62.8. The number of aliphatic hydroxyl groups is 1. The first-order valence-electron chi connectivity index (χ1n) is 39.8. The Hall–Kier alpha value is -1.94. The normalized spacial score (nSPS) is 14.1. The van der Waals surface area contributed by atoms with E-state index in [-0.39, 0.29) is 25.7 Å². The van der Waals surface area contributed by atoms with Gasteiger partial charge >= 0.3 is 39.5 Å². The standard InChI is InChI=1S/C77H150O17P2/c1-8-9-10-11-34-44-51-58-74(79)87-64-72(93-76(81)61-54-47-40-33-27-21-19-24-30-37-43-50-57-70(6)7)66-91-95(83,84)89-62-71(78)63-90-96(85,86)92-67-73(65-88-75(80)59-52-45-38-31-25-20-18-23-29-36-42-49-56-69(4)5)94-77(82)60-53-46-39-32-26-17-15-13-12-14-16-22-28-35-41-48-55-68(2)3/h68-73,78H,8-67H2,1-7H3,(H,83,84)(H,85,86)/t71-,72+,73+/m0/s1. The first-order valence-corrected chi connectivity index (χ1v) is 42.8. The number of phosphoric ester groups is 2. The van der Waals surface area contributed by atoms with Gasteiger partial charge in [-0.1, -0.05) is 344 Å². The predicted molar refractivity (Wildman–Crippen MR) is 391 cm³/mol. The summed E-state index contributed by atoms with van der Waals surface area (Å²) in [6, 6.07) is 0. The van der Waals surface area contributed by atoms with Gasteiger partial charge in [-0.25, -0.2) is 9.13 Å². The van der Waals surface area contributed by atoms with Gasteiger partial charge in [-0.15, -0.1) is 0 Å². The SMILES string of the molecule is CCCCCCCCCC(=O)OC[C@H](COP(=O)(O)OC[C@H](O)COP(=O)(O)OC[C@@H](COC(=O)CCCCCCCCCCCCCCC(C)C)OC(=O)CCCCCCCCCCCCCCCCCCC(C)C)OC(=O)CCCCCCCCCCCCCCC(C)C. The van der Waals surface area contributed by atoms with Crippen LogP contribution in [-0.4, -0.2) is 96.7 Å². The molecular formula is C77H150O17P2. The van der Waals surface area contributed by atoms with E-state index >= 15 is 0 Å². The van der Waals surface area contributed by atoms with Crippen molar-refractivity contribution in [2.45, 2.75) is 414 Å². The molecule has 0 aliphatic heterocycles. The number of hydrogen-bond acceptors (Lipinski definition) is 15. The Morgan fingerprint density at radius 3 is 0.708 bits per heavy atom. The molecule has 0 amide bonds. The summed E-state index contributed by atoms with van der Waals surface area (Å²) in [4.78, 5) is 72.7. The maximum atomic E-state index is 13.1. The third-order valence-corrected chi connectivity index (χ3v) is 19.8. The monoisotopic (exact) mass is 1410 g/mol. The smallest absolute Gasteiger partial charge is 0.462 e. The van der Waals surface area contributed by atoms with Crippen LogP contribution in [0.15, 0.2) is 0 Å². The Labute approximate surface area is 588 Å². The molecule has 96 heavy (non-hydrogen) atoms. The van der Waals surface area contributed by atoms with Gasteiger partial charge in [0, 0.05) is 25.7 Å². The van der Waals surface area contributed by atoms with Crippen molar-refractivity contribution < 1.29 is 80.2 Å². The van der Waals surface area contributed by atoms with Gasteiger partial charge in [0.05, 0.1) is 26.4 Å². The Balaban J connectivity index is 5.19. The van der Waals surface area contributed by atoms with Crippen molar-refractivity contribution in [2.24, 2.45) is 17.8 Å². The van der Waals surface area contributed by atoms with E-state index in [2.05, 4.69) is 48.5 Å². The highest BCUT2D eigenvalue weighted by Gasteiger charge is 2.30. The van der Waals surface area contributed by atoms with Crippen LogP contribution in [-0.2, 0) is 65.4 Å². The molecule has 5 atom stereocenters. The highest BCUT2D eigenvalue weighted by Crippen LogP contribution is 2.45. The van der Waals surface area contributed by atoms with E-state index in [0.29, 0.717) is 25.7 Å². The highest BCUT2D eigenvalue weighted by atomic mass is 31.2. The third-order valence-electron chi connectivity index (χ3n) is 17.9. The number of ether oxygens (including phenoxy) is 4. The lowest BCUT2D eigenvalue weighted by molar-refractivity contribution is -0.161. The Morgan fingerprint density at radius 1 is 0.281 bits per heavy atom. The fraction of sp³-hybridized carbons (Fsp3) is 0.948. The second-order valence-electron chi connectivity index (χ2n) is 29.2. The van der Waals surface area contributed by atoms with Gasteiger partial charge in [0.25, 0.3) is 0 Å². The van der Waals surface area contributed by atoms with E-state index in [0.717, 1.165) is 120 Å². The summed E-state index contributed by atoms with van der Waals surface area (Å²) in [7, 11) is -9.91. The van der Waals surface area contributed by atoms with Crippen molar-refractivity contribution in [3.63, 3.8) is 0 Å². The minimum absolute atomic E-state index is 0.106. The zero-order chi connectivity index (χ0) is 70.9. The average molecular weight is 1410 g/mol. The van der Waals surface area contributed by atoms with E-state index in [1.165, 1.54) is 193 Å². The van der Waals surface area contributed by atoms with Crippen molar-refractivity contribution >= 4 is 39.5 Å². The summed E-state index contributed by atoms with van der Waals surface area (Å²) in [5, 5.41) is 10.6. The molecule has 0 aromatic carbocycles. The number of aliphatic hydroxyl groups excluding tert-OH is 1. The maximum absolute atomic E-state index is 13.1. The number of esters is 4. The van der Waals surface area contributed by atoms with E-state index in [4.69, 9.17) is 37.0 Å². The molecule has 3 N–H and O–H groups in total. The third kappa shape index (κ3) is 70.5. The largest absolute Gasteiger partial charge is 0.472 e. The Kier molecular flexibility index (Phi) is 66.2. The van der Waals surface area contributed by atoms with E-state index in [9.17, 15) is 43.2 Å². The lowest BCUT2D eigenvalue weighted by Gasteiger charge is -2.21. The van der Waals surface area contributed by atoms with Crippen LogP contribution in [0.4, 0.5) is 0 Å². The molecule has 0 fully saturated rings. The molecular weight excluding hydrogens is 1260 g/mol. The van der Waals surface area contributed by atoms with Crippen molar-refractivity contribution in [1.29, 1.82) is 0 Å². The van der Waals surface area contributed by atoms with Crippen LogP contribution in [0.25, 0.3) is 0 Å². The molecule has 0 aliphatic carbocycles. The topological polar surface area (TPSA) is 237 Å². The van der Waals surface area contributed by atoms with Crippen LogP contribution in [0.5, 0.6) is 0 Å². The second kappa shape index (κ2) is 67.5. The van der Waals surface area contributed by atoms with E-state index in [1.54, 1.807) is 0 Å². The van der Waals surface area contributed by atoms with Gasteiger partial charge in [0.15, 0.2) is 12.2 Å². The van der Waals surface area contributed by atoms with Gasteiger partial charge in [-0.2, -0.15) is 0 Å². The molecule has 2 unspecified atom stereocenters. The molecule has 0 heterocycles. The molecule has 19 heteroatoms. The minimum atomic E-state index is -4.96. The summed E-state index contributed by atoms with van der Waals surface area (Å²) < 4.78 is 68.5. The van der Waals surface area contributed by atoms with Crippen LogP contribution in [0, 0.1) is 17.8 Å². The van der Waals surface area contributed by atoms with Crippen molar-refractivity contribution in [2.75, 3.05) is 39.6 Å². The van der Waals surface area contributed by atoms with Crippen molar-refractivity contribution in [1.82, 2.24) is 0 Å². The van der Waals surface area contributed by atoms with Gasteiger partial charge < -0.3 is 33.8 Å². The number of phosphoric acid groups is 2. The second-order valence-corrected chi connectivity index (χ2v) is 32.1. The predicted octanol–water partition coefficient (Wildman–Crippen LogP) is 22.6. The van der Waals surface area contributed by atoms with Gasteiger partial charge in [0.1, 0.15) is 19.3 Å². The molecule has 0 aromatic rings. The Bertz CT molecular complexity index is 1870. The number of hydrogen-bond donors (Lipinski definition) is 3. The first-order chi connectivity index (χ1) is 46.2. The highest BCUT2D eigenvalue weighted by molar-refractivity contribution is 7.47. The molecule has 0 rings (SSSR count). The average Bonchev–Trinajstić information content (AvgIpc) is 2.63. The number of rotatable bonds is 75. The van der Waals surface area contributed by atoms with Crippen molar-refractivity contribution in [3.05, 3.63) is 0 Å². The van der Waals surface area contributed by atoms with Crippen molar-refractivity contribution in [3.8, 4) is 0 Å².